The second-order valence-electron chi connectivity index (χ2n) is 5.41. The van der Waals surface area contributed by atoms with Crippen LogP contribution in [0.25, 0.3) is 5.65 Å². The van der Waals surface area contributed by atoms with Gasteiger partial charge in [-0.15, -0.1) is 0 Å². The number of methoxy groups -OCH3 is 3. The van der Waals surface area contributed by atoms with Crippen LogP contribution in [0.3, 0.4) is 0 Å². The van der Waals surface area contributed by atoms with Crippen LogP contribution in [-0.2, 0) is 6.54 Å². The van der Waals surface area contributed by atoms with Crippen molar-refractivity contribution in [1.29, 1.82) is 0 Å². The highest BCUT2D eigenvalue weighted by molar-refractivity contribution is 6.30. The van der Waals surface area contributed by atoms with Gasteiger partial charge < -0.3 is 23.9 Å². The van der Waals surface area contributed by atoms with Crippen LogP contribution in [0.5, 0.6) is 17.2 Å². The van der Waals surface area contributed by atoms with Crippen LogP contribution in [-0.4, -0.2) is 36.6 Å². The van der Waals surface area contributed by atoms with Gasteiger partial charge in [0.1, 0.15) is 5.65 Å². The molecule has 0 bridgehead atoms. The largest absolute Gasteiger partial charge is 0.493 e. The van der Waals surface area contributed by atoms with E-state index in [2.05, 4.69) is 10.3 Å². The number of benzene rings is 1. The molecule has 2 heterocycles. The Morgan fingerprint density at radius 2 is 1.85 bits per heavy atom. The van der Waals surface area contributed by atoms with Crippen molar-refractivity contribution in [1.82, 2.24) is 14.7 Å². The number of imidazole rings is 1. The van der Waals surface area contributed by atoms with E-state index in [4.69, 9.17) is 25.8 Å². The lowest BCUT2D eigenvalue weighted by Gasteiger charge is -2.15. The number of carbonyl (C=O) groups excluding carboxylic acids is 1. The number of hydrogen-bond donors (Lipinski definition) is 1. The summed E-state index contributed by atoms with van der Waals surface area (Å²) < 4.78 is 17.7. The van der Waals surface area contributed by atoms with Crippen molar-refractivity contribution in [3.05, 3.63) is 52.9 Å². The maximum absolute atomic E-state index is 12.6. The number of aromatic nitrogens is 2. The number of hydrogen-bond acceptors (Lipinski definition) is 5. The highest BCUT2D eigenvalue weighted by Gasteiger charge is 2.20. The van der Waals surface area contributed by atoms with Gasteiger partial charge in [0.2, 0.25) is 5.75 Å². The molecule has 3 aromatic rings. The maximum atomic E-state index is 12.6. The fourth-order valence-electron chi connectivity index (χ4n) is 2.65. The molecular weight excluding hydrogens is 358 g/mol. The standard InChI is InChI=1S/C18H18ClN3O4/c1-24-14-6-5-13(16(25-2)17(14)26-3)18(23)20-8-12-10-22-9-11(19)4-7-15(22)21-12/h4-7,9-10H,8H2,1-3H3,(H,20,23). The van der Waals surface area contributed by atoms with Crippen LogP contribution in [0.15, 0.2) is 36.7 Å². The lowest BCUT2D eigenvalue weighted by molar-refractivity contribution is 0.0946. The summed E-state index contributed by atoms with van der Waals surface area (Å²) in [5.74, 6) is 0.854. The summed E-state index contributed by atoms with van der Waals surface area (Å²) in [5, 5.41) is 3.44. The number of halogens is 1. The predicted molar refractivity (Wildman–Crippen MR) is 97.5 cm³/mol. The number of fused-ring (bicyclic) bond motifs is 1. The quantitative estimate of drug-likeness (QED) is 0.717. The third-order valence-corrected chi connectivity index (χ3v) is 4.07. The second-order valence-corrected chi connectivity index (χ2v) is 5.85. The first-order chi connectivity index (χ1) is 12.6. The van der Waals surface area contributed by atoms with Crippen LogP contribution in [0.1, 0.15) is 16.1 Å². The molecule has 26 heavy (non-hydrogen) atoms. The maximum Gasteiger partial charge on any atom is 0.255 e. The number of nitrogens with zero attached hydrogens (tertiary/aromatic N) is 2. The summed E-state index contributed by atoms with van der Waals surface area (Å²) in [6.07, 6.45) is 3.57. The predicted octanol–water partition coefficient (Wildman–Crippen LogP) is 2.94. The molecule has 0 unspecified atom stereocenters. The summed E-state index contributed by atoms with van der Waals surface area (Å²) in [4.78, 5) is 17.0. The number of amides is 1. The van der Waals surface area contributed by atoms with E-state index in [1.807, 2.05) is 12.3 Å². The van der Waals surface area contributed by atoms with Gasteiger partial charge in [-0.25, -0.2) is 4.98 Å². The summed E-state index contributed by atoms with van der Waals surface area (Å²) in [7, 11) is 4.48. The van der Waals surface area contributed by atoms with E-state index in [1.54, 1.807) is 28.8 Å². The van der Waals surface area contributed by atoms with Gasteiger partial charge in [0.25, 0.3) is 5.91 Å². The Labute approximate surface area is 155 Å². The van der Waals surface area contributed by atoms with Crippen LogP contribution in [0, 0.1) is 0 Å². The van der Waals surface area contributed by atoms with E-state index in [9.17, 15) is 4.79 Å². The van der Waals surface area contributed by atoms with Crippen molar-refractivity contribution in [2.24, 2.45) is 0 Å². The first kappa shape index (κ1) is 17.9. The first-order valence-electron chi connectivity index (χ1n) is 7.77. The zero-order valence-corrected chi connectivity index (χ0v) is 15.3. The molecule has 0 atom stereocenters. The molecule has 0 saturated carbocycles. The van der Waals surface area contributed by atoms with E-state index >= 15 is 0 Å². The SMILES string of the molecule is COc1ccc(C(=O)NCc2cn3cc(Cl)ccc3n2)c(OC)c1OC. The Morgan fingerprint density at radius 1 is 1.08 bits per heavy atom. The topological polar surface area (TPSA) is 74.1 Å². The number of carbonyl (C=O) groups is 1. The minimum Gasteiger partial charge on any atom is -0.493 e. The molecule has 136 valence electrons. The van der Waals surface area contributed by atoms with E-state index in [-0.39, 0.29) is 12.5 Å². The Kier molecular flexibility index (Phi) is 5.18. The van der Waals surface area contributed by atoms with Gasteiger partial charge >= 0.3 is 0 Å². The molecule has 0 aliphatic heterocycles. The highest BCUT2D eigenvalue weighted by atomic mass is 35.5. The van der Waals surface area contributed by atoms with Crippen LogP contribution < -0.4 is 19.5 Å². The average molecular weight is 376 g/mol. The molecule has 2 aromatic heterocycles. The Bertz CT molecular complexity index is 955. The smallest absolute Gasteiger partial charge is 0.255 e. The third kappa shape index (κ3) is 3.39. The monoisotopic (exact) mass is 375 g/mol. The van der Waals surface area contributed by atoms with Gasteiger partial charge in [-0.3, -0.25) is 4.79 Å². The van der Waals surface area contributed by atoms with Crippen LogP contribution >= 0.6 is 11.6 Å². The van der Waals surface area contributed by atoms with Gasteiger partial charge in [-0.1, -0.05) is 11.6 Å². The Morgan fingerprint density at radius 3 is 2.54 bits per heavy atom. The molecule has 8 heteroatoms. The molecular formula is C18H18ClN3O4. The third-order valence-electron chi connectivity index (χ3n) is 3.84. The number of ether oxygens (including phenoxy) is 3. The van der Waals surface area contributed by atoms with E-state index in [1.165, 1.54) is 21.3 Å². The number of nitrogens with one attached hydrogen (secondary N) is 1. The molecule has 0 fully saturated rings. The van der Waals surface area contributed by atoms with Crippen molar-refractivity contribution in [3.8, 4) is 17.2 Å². The molecule has 1 amide bonds. The Hall–Kier alpha value is -2.93. The van der Waals surface area contributed by atoms with E-state index in [0.717, 1.165) is 5.65 Å². The van der Waals surface area contributed by atoms with Crippen molar-refractivity contribution in [3.63, 3.8) is 0 Å². The zero-order valence-electron chi connectivity index (χ0n) is 14.6. The van der Waals surface area contributed by atoms with Crippen molar-refractivity contribution in [2.45, 2.75) is 6.54 Å². The fraction of sp³-hybridized carbons (Fsp3) is 0.222. The van der Waals surface area contributed by atoms with Gasteiger partial charge in [0, 0.05) is 12.4 Å². The van der Waals surface area contributed by atoms with Gasteiger partial charge in [0.15, 0.2) is 11.5 Å². The summed E-state index contributed by atoms with van der Waals surface area (Å²) in [6.45, 7) is 0.260. The van der Waals surface area contributed by atoms with Crippen molar-refractivity contribution < 1.29 is 19.0 Å². The molecule has 0 aliphatic rings. The van der Waals surface area contributed by atoms with E-state index < -0.39 is 0 Å². The summed E-state index contributed by atoms with van der Waals surface area (Å²) >= 11 is 5.97. The Balaban J connectivity index is 1.81. The fourth-order valence-corrected chi connectivity index (χ4v) is 2.82. The van der Waals surface area contributed by atoms with Gasteiger partial charge in [-0.05, 0) is 24.3 Å². The molecule has 1 aromatic carbocycles. The number of rotatable bonds is 6. The summed E-state index contributed by atoms with van der Waals surface area (Å²) in [5.41, 5.74) is 1.80. The highest BCUT2D eigenvalue weighted by Crippen LogP contribution is 2.39. The molecule has 0 aliphatic carbocycles. The van der Waals surface area contributed by atoms with E-state index in [0.29, 0.717) is 33.5 Å². The number of pyridine rings is 1. The van der Waals surface area contributed by atoms with Gasteiger partial charge in [0.05, 0.1) is 44.2 Å². The lowest BCUT2D eigenvalue weighted by Crippen LogP contribution is -2.23. The van der Waals surface area contributed by atoms with Crippen molar-refractivity contribution >= 4 is 23.2 Å². The zero-order chi connectivity index (χ0) is 18.7. The van der Waals surface area contributed by atoms with Crippen LogP contribution in [0.2, 0.25) is 5.02 Å². The van der Waals surface area contributed by atoms with Crippen LogP contribution in [0.4, 0.5) is 0 Å². The normalized spacial score (nSPS) is 10.6. The molecule has 0 spiro atoms. The molecule has 7 nitrogen and oxygen atoms in total. The second kappa shape index (κ2) is 7.53. The first-order valence-corrected chi connectivity index (χ1v) is 8.15. The van der Waals surface area contributed by atoms with Crippen molar-refractivity contribution in [2.75, 3.05) is 21.3 Å². The molecule has 0 radical (unpaired) electrons. The molecule has 0 saturated heterocycles. The van der Waals surface area contributed by atoms with Gasteiger partial charge in [-0.2, -0.15) is 0 Å². The molecule has 3 rings (SSSR count). The minimum absolute atomic E-state index is 0.260. The summed E-state index contributed by atoms with van der Waals surface area (Å²) in [6, 6.07) is 6.86. The molecule has 1 N–H and O–H groups in total. The lowest BCUT2D eigenvalue weighted by atomic mass is 10.1. The minimum atomic E-state index is -0.308. The average Bonchev–Trinajstić information content (AvgIpc) is 3.06.